The quantitative estimate of drug-likeness (QED) is 0.703. The highest BCUT2D eigenvalue weighted by Crippen LogP contribution is 2.12. The zero-order valence-corrected chi connectivity index (χ0v) is 11.5. The first-order chi connectivity index (χ1) is 8.77. The normalized spacial score (nSPS) is 10.1. The van der Waals surface area contributed by atoms with Gasteiger partial charge in [-0.1, -0.05) is 39.0 Å². The fourth-order valence-corrected chi connectivity index (χ4v) is 1.89. The lowest BCUT2D eigenvalue weighted by Gasteiger charge is -2.07. The van der Waals surface area contributed by atoms with E-state index < -0.39 is 0 Å². The van der Waals surface area contributed by atoms with Gasteiger partial charge in [0.2, 0.25) is 0 Å². The molecule has 1 aromatic heterocycles. The van der Waals surface area contributed by atoms with E-state index in [0.717, 1.165) is 24.5 Å². The van der Waals surface area contributed by atoms with Crippen LogP contribution in [0.3, 0.4) is 0 Å². The number of pyridine rings is 1. The van der Waals surface area contributed by atoms with E-state index in [1.807, 2.05) is 19.1 Å². The molecule has 0 fully saturated rings. The molecule has 0 aliphatic carbocycles. The summed E-state index contributed by atoms with van der Waals surface area (Å²) in [6, 6.07) is 5.86. The molecule has 0 aliphatic heterocycles. The smallest absolute Gasteiger partial charge is 0.144 e. The lowest BCUT2D eigenvalue weighted by Crippen LogP contribution is -2.05. The Hall–Kier alpha value is -1.56. The molecular formula is C15H23N3. The Bertz CT molecular complexity index is 393. The molecule has 0 saturated heterocycles. The third-order valence-electron chi connectivity index (χ3n) is 2.98. The van der Waals surface area contributed by atoms with E-state index in [9.17, 15) is 0 Å². The van der Waals surface area contributed by atoms with Crippen molar-refractivity contribution in [3.63, 3.8) is 0 Å². The molecule has 1 heterocycles. The molecule has 98 valence electrons. The van der Waals surface area contributed by atoms with Gasteiger partial charge in [0, 0.05) is 12.2 Å². The van der Waals surface area contributed by atoms with E-state index in [-0.39, 0.29) is 0 Å². The van der Waals surface area contributed by atoms with Crippen LogP contribution in [0.5, 0.6) is 0 Å². The average Bonchev–Trinajstić information content (AvgIpc) is 2.38. The maximum atomic E-state index is 8.98. The molecule has 0 aliphatic rings. The standard InChI is InChI=1S/C15H23N3/c1-3-4-5-6-7-8-11-17-15-14(12-16)10-9-13(2)18-15/h9-10H,3-8,11H2,1-2H3,(H,17,18). The van der Waals surface area contributed by atoms with Gasteiger partial charge in [0.25, 0.3) is 0 Å². The number of rotatable bonds is 8. The van der Waals surface area contributed by atoms with Crippen molar-refractivity contribution in [2.45, 2.75) is 52.4 Å². The molecule has 3 heteroatoms. The number of nitriles is 1. The highest BCUT2D eigenvalue weighted by atomic mass is 15.0. The van der Waals surface area contributed by atoms with Crippen LogP contribution >= 0.6 is 0 Å². The Balaban J connectivity index is 2.27. The molecule has 0 saturated carbocycles. The Labute approximate surface area is 110 Å². The van der Waals surface area contributed by atoms with Crippen molar-refractivity contribution in [3.8, 4) is 6.07 Å². The summed E-state index contributed by atoms with van der Waals surface area (Å²) in [6.07, 6.45) is 7.66. The molecule has 1 rings (SSSR count). The molecule has 0 atom stereocenters. The maximum absolute atomic E-state index is 8.98. The number of unbranched alkanes of at least 4 members (excludes halogenated alkanes) is 5. The van der Waals surface area contributed by atoms with Crippen molar-refractivity contribution < 1.29 is 0 Å². The van der Waals surface area contributed by atoms with E-state index in [0.29, 0.717) is 5.56 Å². The molecule has 0 unspecified atom stereocenters. The van der Waals surface area contributed by atoms with Crippen molar-refractivity contribution in [3.05, 3.63) is 23.4 Å². The van der Waals surface area contributed by atoms with Gasteiger partial charge in [-0.25, -0.2) is 4.98 Å². The minimum absolute atomic E-state index is 0.631. The molecule has 0 bridgehead atoms. The van der Waals surface area contributed by atoms with Gasteiger partial charge in [-0.15, -0.1) is 0 Å². The van der Waals surface area contributed by atoms with Crippen LogP contribution < -0.4 is 5.32 Å². The van der Waals surface area contributed by atoms with Gasteiger partial charge >= 0.3 is 0 Å². The maximum Gasteiger partial charge on any atom is 0.144 e. The highest BCUT2D eigenvalue weighted by molar-refractivity contribution is 5.52. The minimum Gasteiger partial charge on any atom is -0.369 e. The molecule has 0 aromatic carbocycles. The van der Waals surface area contributed by atoms with E-state index >= 15 is 0 Å². The number of nitrogens with zero attached hydrogens (tertiary/aromatic N) is 2. The van der Waals surface area contributed by atoms with Crippen LogP contribution in [0.15, 0.2) is 12.1 Å². The van der Waals surface area contributed by atoms with Crippen LogP contribution in [-0.2, 0) is 0 Å². The summed E-state index contributed by atoms with van der Waals surface area (Å²) in [7, 11) is 0. The Morgan fingerprint density at radius 3 is 2.61 bits per heavy atom. The first-order valence-corrected chi connectivity index (χ1v) is 6.89. The monoisotopic (exact) mass is 245 g/mol. The first kappa shape index (κ1) is 14.5. The van der Waals surface area contributed by atoms with Gasteiger partial charge < -0.3 is 5.32 Å². The molecule has 18 heavy (non-hydrogen) atoms. The molecule has 0 radical (unpaired) electrons. The fourth-order valence-electron chi connectivity index (χ4n) is 1.89. The van der Waals surface area contributed by atoms with Crippen molar-refractivity contribution in [1.82, 2.24) is 4.98 Å². The summed E-state index contributed by atoms with van der Waals surface area (Å²) in [5, 5.41) is 12.2. The van der Waals surface area contributed by atoms with Crippen LogP contribution in [0.1, 0.15) is 56.7 Å². The fraction of sp³-hybridized carbons (Fsp3) is 0.600. The lowest BCUT2D eigenvalue weighted by molar-refractivity contribution is 0.616. The zero-order valence-electron chi connectivity index (χ0n) is 11.5. The predicted molar refractivity (Wildman–Crippen MR) is 75.6 cm³/mol. The van der Waals surface area contributed by atoms with Crippen LogP contribution in [0.2, 0.25) is 0 Å². The van der Waals surface area contributed by atoms with Crippen molar-refractivity contribution in [2.24, 2.45) is 0 Å². The number of aryl methyl sites for hydroxylation is 1. The van der Waals surface area contributed by atoms with Gasteiger partial charge in [-0.05, 0) is 25.5 Å². The van der Waals surface area contributed by atoms with E-state index in [1.165, 1.54) is 32.1 Å². The zero-order chi connectivity index (χ0) is 13.2. The number of hydrogen-bond donors (Lipinski definition) is 1. The van der Waals surface area contributed by atoms with Crippen LogP contribution in [0, 0.1) is 18.3 Å². The second kappa shape index (κ2) is 8.52. The molecule has 0 spiro atoms. The third kappa shape index (κ3) is 5.18. The SMILES string of the molecule is CCCCCCCCNc1nc(C)ccc1C#N. The van der Waals surface area contributed by atoms with Gasteiger partial charge in [0.1, 0.15) is 11.9 Å². The molecule has 0 amide bonds. The molecule has 1 N–H and O–H groups in total. The Morgan fingerprint density at radius 1 is 1.17 bits per heavy atom. The highest BCUT2D eigenvalue weighted by Gasteiger charge is 2.02. The average molecular weight is 245 g/mol. The number of nitrogens with one attached hydrogen (secondary N) is 1. The van der Waals surface area contributed by atoms with Gasteiger partial charge in [0.15, 0.2) is 0 Å². The van der Waals surface area contributed by atoms with E-state index in [2.05, 4.69) is 23.3 Å². The van der Waals surface area contributed by atoms with Gasteiger partial charge in [0.05, 0.1) is 5.56 Å². The van der Waals surface area contributed by atoms with Crippen molar-refractivity contribution in [2.75, 3.05) is 11.9 Å². The molecule has 1 aromatic rings. The summed E-state index contributed by atoms with van der Waals surface area (Å²) >= 11 is 0. The van der Waals surface area contributed by atoms with Gasteiger partial charge in [-0.3, -0.25) is 0 Å². The van der Waals surface area contributed by atoms with Crippen LogP contribution in [-0.4, -0.2) is 11.5 Å². The Morgan fingerprint density at radius 2 is 1.89 bits per heavy atom. The van der Waals surface area contributed by atoms with E-state index in [4.69, 9.17) is 5.26 Å². The third-order valence-corrected chi connectivity index (χ3v) is 2.98. The molecular weight excluding hydrogens is 222 g/mol. The summed E-state index contributed by atoms with van der Waals surface area (Å²) in [5.41, 5.74) is 1.58. The summed E-state index contributed by atoms with van der Waals surface area (Å²) in [6.45, 7) is 5.07. The van der Waals surface area contributed by atoms with E-state index in [1.54, 1.807) is 0 Å². The second-order valence-electron chi connectivity index (χ2n) is 4.66. The van der Waals surface area contributed by atoms with Crippen molar-refractivity contribution in [1.29, 1.82) is 5.26 Å². The number of hydrogen-bond acceptors (Lipinski definition) is 3. The Kier molecular flexibility index (Phi) is 6.86. The second-order valence-corrected chi connectivity index (χ2v) is 4.66. The predicted octanol–water partition coefficient (Wildman–Crippen LogP) is 4.03. The topological polar surface area (TPSA) is 48.7 Å². The largest absolute Gasteiger partial charge is 0.369 e. The van der Waals surface area contributed by atoms with Crippen molar-refractivity contribution >= 4 is 5.82 Å². The lowest BCUT2D eigenvalue weighted by atomic mass is 10.1. The minimum atomic E-state index is 0.631. The van der Waals surface area contributed by atoms with Crippen LogP contribution in [0.4, 0.5) is 5.82 Å². The number of anilines is 1. The summed E-state index contributed by atoms with van der Waals surface area (Å²) in [4.78, 5) is 4.36. The number of aromatic nitrogens is 1. The summed E-state index contributed by atoms with van der Waals surface area (Å²) < 4.78 is 0. The van der Waals surface area contributed by atoms with Gasteiger partial charge in [-0.2, -0.15) is 5.26 Å². The first-order valence-electron chi connectivity index (χ1n) is 6.89. The molecule has 3 nitrogen and oxygen atoms in total. The van der Waals surface area contributed by atoms with Crippen LogP contribution in [0.25, 0.3) is 0 Å². The summed E-state index contributed by atoms with van der Waals surface area (Å²) in [5.74, 6) is 0.728.